The summed E-state index contributed by atoms with van der Waals surface area (Å²) in [7, 11) is 0. The minimum atomic E-state index is -0.995. The van der Waals surface area contributed by atoms with Crippen molar-refractivity contribution >= 4 is 34.9 Å². The summed E-state index contributed by atoms with van der Waals surface area (Å²) in [5, 5.41) is 13.0. The minimum absolute atomic E-state index is 0.207. The molecule has 0 aliphatic carbocycles. The molecule has 2 N–H and O–H groups in total. The number of halogens is 1. The molecule has 0 bridgehead atoms. The Morgan fingerprint density at radius 3 is 2.55 bits per heavy atom. The van der Waals surface area contributed by atoms with Crippen molar-refractivity contribution in [3.63, 3.8) is 0 Å². The largest absolute Gasteiger partial charge is 0.478 e. The molecule has 2 saturated heterocycles. The van der Waals surface area contributed by atoms with Gasteiger partial charge in [-0.2, -0.15) is 0 Å². The van der Waals surface area contributed by atoms with E-state index in [1.165, 1.54) is 38.4 Å². The monoisotopic (exact) mass is 441 g/mol. The number of carboxylic acids is 1. The lowest BCUT2D eigenvalue weighted by molar-refractivity contribution is 0.0697. The minimum Gasteiger partial charge on any atom is -0.478 e. The van der Waals surface area contributed by atoms with Gasteiger partial charge in [0, 0.05) is 25.3 Å². The zero-order valence-electron chi connectivity index (χ0n) is 17.5. The number of hydrogen-bond acceptors (Lipinski definition) is 4. The van der Waals surface area contributed by atoms with Crippen LogP contribution in [0.2, 0.25) is 5.02 Å². The quantitative estimate of drug-likeness (QED) is 0.685. The van der Waals surface area contributed by atoms with Crippen molar-refractivity contribution in [1.82, 2.24) is 4.90 Å². The fourth-order valence-electron chi connectivity index (χ4n) is 4.67. The number of rotatable bonds is 6. The predicted molar refractivity (Wildman–Crippen MR) is 123 cm³/mol. The summed E-state index contributed by atoms with van der Waals surface area (Å²) in [5.41, 5.74) is 1.72. The van der Waals surface area contributed by atoms with Crippen molar-refractivity contribution in [3.8, 4) is 0 Å². The molecule has 7 heteroatoms. The van der Waals surface area contributed by atoms with Crippen LogP contribution in [0.15, 0.2) is 42.5 Å². The smallest absolute Gasteiger partial charge is 0.337 e. The number of amides is 1. The van der Waals surface area contributed by atoms with Crippen LogP contribution in [-0.4, -0.2) is 54.6 Å². The number of anilines is 2. The van der Waals surface area contributed by atoms with Gasteiger partial charge < -0.3 is 20.2 Å². The van der Waals surface area contributed by atoms with Crippen molar-refractivity contribution < 1.29 is 14.7 Å². The van der Waals surface area contributed by atoms with Crippen LogP contribution in [0.4, 0.5) is 11.4 Å². The first-order valence-corrected chi connectivity index (χ1v) is 11.3. The van der Waals surface area contributed by atoms with Crippen LogP contribution in [0.25, 0.3) is 0 Å². The lowest BCUT2D eigenvalue weighted by Gasteiger charge is -2.36. The summed E-state index contributed by atoms with van der Waals surface area (Å²) in [4.78, 5) is 29.3. The first-order chi connectivity index (χ1) is 15.0. The van der Waals surface area contributed by atoms with Crippen molar-refractivity contribution in [1.29, 1.82) is 0 Å². The number of piperidine rings is 1. The van der Waals surface area contributed by atoms with Crippen molar-refractivity contribution in [2.45, 2.75) is 25.7 Å². The summed E-state index contributed by atoms with van der Waals surface area (Å²) in [5.74, 6) is -0.808. The third-order valence-corrected chi connectivity index (χ3v) is 6.51. The molecular formula is C24H28ClN3O3. The maximum atomic E-state index is 12.6. The predicted octanol–water partition coefficient (Wildman–Crippen LogP) is 4.60. The van der Waals surface area contributed by atoms with Gasteiger partial charge in [0.15, 0.2) is 0 Å². The zero-order valence-corrected chi connectivity index (χ0v) is 18.3. The van der Waals surface area contributed by atoms with Gasteiger partial charge in [-0.15, -0.1) is 0 Å². The van der Waals surface area contributed by atoms with Crippen molar-refractivity contribution in [2.24, 2.45) is 5.92 Å². The highest BCUT2D eigenvalue weighted by atomic mass is 35.5. The van der Waals surface area contributed by atoms with E-state index < -0.39 is 5.97 Å². The molecule has 2 aliphatic heterocycles. The highest BCUT2D eigenvalue weighted by Crippen LogP contribution is 2.30. The van der Waals surface area contributed by atoms with Crippen LogP contribution in [-0.2, 0) is 0 Å². The Morgan fingerprint density at radius 1 is 1.03 bits per heavy atom. The van der Waals surface area contributed by atoms with E-state index in [0.29, 0.717) is 22.2 Å². The summed E-state index contributed by atoms with van der Waals surface area (Å²) in [6.07, 6.45) is 4.80. The molecule has 1 amide bonds. The van der Waals surface area contributed by atoms with E-state index in [-0.39, 0.29) is 11.5 Å². The molecule has 2 fully saturated rings. The first kappa shape index (κ1) is 21.7. The fourth-order valence-corrected chi connectivity index (χ4v) is 4.89. The van der Waals surface area contributed by atoms with Gasteiger partial charge in [0.05, 0.1) is 21.8 Å². The second kappa shape index (κ2) is 9.71. The van der Waals surface area contributed by atoms with Crippen molar-refractivity contribution in [2.75, 3.05) is 42.9 Å². The van der Waals surface area contributed by atoms with Gasteiger partial charge in [-0.25, -0.2) is 4.79 Å². The number of aromatic carboxylic acids is 1. The molecular weight excluding hydrogens is 414 g/mol. The third-order valence-electron chi connectivity index (χ3n) is 6.18. The average Bonchev–Trinajstić information content (AvgIpc) is 3.27. The summed E-state index contributed by atoms with van der Waals surface area (Å²) >= 11 is 6.10. The Bertz CT molecular complexity index is 959. The number of nitrogens with one attached hydrogen (secondary N) is 1. The molecule has 6 nitrogen and oxygen atoms in total. The van der Waals surface area contributed by atoms with Gasteiger partial charge in [-0.05, 0) is 75.0 Å². The molecule has 0 spiro atoms. The first-order valence-electron chi connectivity index (χ1n) is 10.9. The van der Waals surface area contributed by atoms with E-state index in [2.05, 4.69) is 15.1 Å². The van der Waals surface area contributed by atoms with Crippen LogP contribution in [0.5, 0.6) is 0 Å². The number of carbonyl (C=O) groups is 2. The van der Waals surface area contributed by atoms with E-state index in [0.717, 1.165) is 31.7 Å². The van der Waals surface area contributed by atoms with Gasteiger partial charge in [0.25, 0.3) is 5.91 Å². The SMILES string of the molecule is O=C(Nc1ccc(N2CCC[C@H](CN3CCCC3)C2)c(C(=O)O)c1)c1ccccc1Cl. The molecule has 2 aromatic carbocycles. The average molecular weight is 442 g/mol. The number of carbonyl (C=O) groups excluding carboxylic acids is 1. The van der Waals surface area contributed by atoms with Crippen LogP contribution < -0.4 is 10.2 Å². The van der Waals surface area contributed by atoms with Crippen LogP contribution in [0, 0.1) is 5.92 Å². The van der Waals surface area contributed by atoms with E-state index in [9.17, 15) is 14.7 Å². The van der Waals surface area contributed by atoms with Gasteiger partial charge in [-0.3, -0.25) is 4.79 Å². The highest BCUT2D eigenvalue weighted by molar-refractivity contribution is 6.34. The van der Waals surface area contributed by atoms with E-state index in [1.54, 1.807) is 30.3 Å². The summed E-state index contributed by atoms with van der Waals surface area (Å²) < 4.78 is 0. The van der Waals surface area contributed by atoms with Gasteiger partial charge >= 0.3 is 5.97 Å². The van der Waals surface area contributed by atoms with Crippen LogP contribution >= 0.6 is 11.6 Å². The van der Waals surface area contributed by atoms with E-state index in [4.69, 9.17) is 11.6 Å². The Kier molecular flexibility index (Phi) is 6.78. The third kappa shape index (κ3) is 5.20. The topological polar surface area (TPSA) is 72.9 Å². The summed E-state index contributed by atoms with van der Waals surface area (Å²) in [6, 6.07) is 11.9. The molecule has 164 valence electrons. The molecule has 0 radical (unpaired) electrons. The van der Waals surface area contributed by atoms with E-state index in [1.807, 2.05) is 6.07 Å². The Hall–Kier alpha value is -2.57. The molecule has 0 saturated carbocycles. The molecule has 31 heavy (non-hydrogen) atoms. The second-order valence-corrected chi connectivity index (χ2v) is 8.84. The molecule has 2 aromatic rings. The lowest BCUT2D eigenvalue weighted by atomic mass is 9.96. The van der Waals surface area contributed by atoms with Gasteiger partial charge in [-0.1, -0.05) is 23.7 Å². The maximum absolute atomic E-state index is 12.6. The highest BCUT2D eigenvalue weighted by Gasteiger charge is 2.26. The number of likely N-dealkylation sites (tertiary alicyclic amines) is 1. The standard InChI is InChI=1S/C24H28ClN3O3/c25-21-8-2-1-7-19(21)23(29)26-18-9-10-22(20(14-18)24(30)31)28-13-5-6-17(16-28)15-27-11-3-4-12-27/h1-2,7-10,14,17H,3-6,11-13,15-16H2,(H,26,29)(H,30,31)/t17-/m1/s1. The zero-order chi connectivity index (χ0) is 21.8. The normalized spacial score (nSPS) is 19.4. The van der Waals surface area contributed by atoms with E-state index >= 15 is 0 Å². The molecule has 2 aliphatic rings. The number of hydrogen-bond donors (Lipinski definition) is 2. The molecule has 0 unspecified atom stereocenters. The Balaban J connectivity index is 1.50. The maximum Gasteiger partial charge on any atom is 0.337 e. The fraction of sp³-hybridized carbons (Fsp3) is 0.417. The molecule has 2 heterocycles. The number of nitrogens with zero attached hydrogens (tertiary/aromatic N) is 2. The van der Waals surface area contributed by atoms with Crippen LogP contribution in [0.1, 0.15) is 46.4 Å². The van der Waals surface area contributed by atoms with Gasteiger partial charge in [0.2, 0.25) is 0 Å². The lowest BCUT2D eigenvalue weighted by Crippen LogP contribution is -2.41. The number of carboxylic acid groups (broad SMARTS) is 1. The Labute approximate surface area is 187 Å². The molecule has 0 aromatic heterocycles. The molecule has 4 rings (SSSR count). The molecule has 1 atom stereocenters. The second-order valence-electron chi connectivity index (χ2n) is 8.43. The van der Waals surface area contributed by atoms with Crippen molar-refractivity contribution in [3.05, 3.63) is 58.6 Å². The summed E-state index contributed by atoms with van der Waals surface area (Å²) in [6.45, 7) is 5.16. The van der Waals surface area contributed by atoms with Gasteiger partial charge in [0.1, 0.15) is 0 Å². The Morgan fingerprint density at radius 2 is 1.81 bits per heavy atom. The number of benzene rings is 2. The van der Waals surface area contributed by atoms with Crippen LogP contribution in [0.3, 0.4) is 0 Å².